The fourth-order valence-electron chi connectivity index (χ4n) is 4.19. The molecule has 1 atom stereocenters. The molecule has 1 aliphatic heterocycles. The maximum atomic E-state index is 13.0. The summed E-state index contributed by atoms with van der Waals surface area (Å²) in [4.78, 5) is 12.6. The van der Waals surface area contributed by atoms with E-state index in [-0.39, 0.29) is 12.5 Å². The summed E-state index contributed by atoms with van der Waals surface area (Å²) in [5, 5.41) is 9.01. The number of thioether (sulfide) groups is 1. The van der Waals surface area contributed by atoms with Gasteiger partial charge in [0, 0.05) is 0 Å². The maximum absolute atomic E-state index is 13.0. The highest BCUT2D eigenvalue weighted by molar-refractivity contribution is 8.01. The van der Waals surface area contributed by atoms with Crippen LogP contribution >= 0.6 is 24.0 Å². The molecule has 29 heavy (non-hydrogen) atoms. The van der Waals surface area contributed by atoms with Gasteiger partial charge in [-0.05, 0) is 54.7 Å². The third-order valence-corrected chi connectivity index (χ3v) is 7.28. The van der Waals surface area contributed by atoms with Crippen molar-refractivity contribution in [2.75, 3.05) is 10.8 Å². The first-order valence-corrected chi connectivity index (χ1v) is 10.9. The molecule has 0 saturated carbocycles. The average Bonchev–Trinajstić information content (AvgIpc) is 3.38. The number of fused-ring (bicyclic) bond motifs is 2. The highest BCUT2D eigenvalue weighted by Gasteiger charge is 2.53. The molecule has 1 fully saturated rings. The van der Waals surface area contributed by atoms with Crippen LogP contribution in [0.15, 0.2) is 48.5 Å². The molecule has 2 aliphatic rings. The number of para-hydroxylation sites is 1. The molecule has 1 spiro atoms. The van der Waals surface area contributed by atoms with E-state index in [2.05, 4.69) is 28.4 Å². The van der Waals surface area contributed by atoms with E-state index in [9.17, 15) is 4.79 Å². The Bertz CT molecular complexity index is 1160. The van der Waals surface area contributed by atoms with Crippen LogP contribution in [0.5, 0.6) is 5.75 Å². The number of hydrogen-bond donors (Lipinski definition) is 1. The Kier molecular flexibility index (Phi) is 4.48. The van der Waals surface area contributed by atoms with Gasteiger partial charge in [0.05, 0.1) is 5.75 Å². The second kappa shape index (κ2) is 7.03. The average molecular weight is 425 g/mol. The van der Waals surface area contributed by atoms with Gasteiger partial charge < -0.3 is 4.74 Å². The van der Waals surface area contributed by atoms with Gasteiger partial charge in [0.2, 0.25) is 4.77 Å². The number of carbonyl (C=O) groups is 1. The van der Waals surface area contributed by atoms with E-state index in [1.54, 1.807) is 21.4 Å². The second-order valence-corrected chi connectivity index (χ2v) is 8.89. The van der Waals surface area contributed by atoms with Gasteiger partial charge in [-0.3, -0.25) is 9.89 Å². The highest BCUT2D eigenvalue weighted by Crippen LogP contribution is 2.52. The summed E-state index contributed by atoms with van der Waals surface area (Å²) < 4.78 is 8.13. The first-order valence-electron chi connectivity index (χ1n) is 9.50. The Hall–Kier alpha value is -2.58. The maximum Gasteiger partial charge on any atom is 0.253 e. The van der Waals surface area contributed by atoms with Crippen molar-refractivity contribution >= 4 is 29.9 Å². The van der Waals surface area contributed by atoms with Crippen molar-refractivity contribution in [2.24, 2.45) is 0 Å². The number of carbonyl (C=O) groups excluding carboxylic acids is 1. The number of amides is 1. The molecule has 1 N–H and O–H groups in total. The number of hydrogen-bond acceptors (Lipinski definition) is 5. The molecule has 2 aromatic carbocycles. The van der Waals surface area contributed by atoms with Crippen molar-refractivity contribution in [3.8, 4) is 5.75 Å². The summed E-state index contributed by atoms with van der Waals surface area (Å²) in [5.41, 5.74) is 3.51. The lowest BCUT2D eigenvalue weighted by molar-refractivity contribution is -0.118. The number of aromatic amines is 1. The first-order chi connectivity index (χ1) is 14.1. The molecule has 8 heteroatoms. The van der Waals surface area contributed by atoms with Gasteiger partial charge in [0.25, 0.3) is 5.91 Å². The molecule has 3 aromatic rings. The summed E-state index contributed by atoms with van der Waals surface area (Å²) in [5.74, 6) is 1.81. The van der Waals surface area contributed by atoms with Gasteiger partial charge in [-0.1, -0.05) is 42.5 Å². The SMILES string of the molecule is Cc1ccccc1OCc1n[nH]c(=S)n1N1C(=O)CSC12CCc1ccccc12. The number of benzene rings is 2. The lowest BCUT2D eigenvalue weighted by Gasteiger charge is -2.35. The van der Waals surface area contributed by atoms with Crippen molar-refractivity contribution in [1.29, 1.82) is 0 Å². The van der Waals surface area contributed by atoms with E-state index in [0.717, 1.165) is 24.2 Å². The minimum Gasteiger partial charge on any atom is -0.485 e. The highest BCUT2D eigenvalue weighted by atomic mass is 32.2. The Morgan fingerprint density at radius 1 is 1.24 bits per heavy atom. The topological polar surface area (TPSA) is 63.1 Å². The van der Waals surface area contributed by atoms with Crippen LogP contribution in [0, 0.1) is 11.7 Å². The van der Waals surface area contributed by atoms with Crippen LogP contribution in [0.25, 0.3) is 0 Å². The van der Waals surface area contributed by atoms with Crippen LogP contribution in [-0.2, 0) is 22.7 Å². The molecule has 2 heterocycles. The third-order valence-electron chi connectivity index (χ3n) is 5.55. The monoisotopic (exact) mass is 424 g/mol. The van der Waals surface area contributed by atoms with E-state index in [0.29, 0.717) is 16.3 Å². The first kappa shape index (κ1) is 18.4. The molecule has 1 aromatic heterocycles. The number of rotatable bonds is 4. The van der Waals surface area contributed by atoms with Gasteiger partial charge in [-0.25, -0.2) is 9.69 Å². The predicted octanol–water partition coefficient (Wildman–Crippen LogP) is 3.84. The van der Waals surface area contributed by atoms with Crippen molar-refractivity contribution in [3.63, 3.8) is 0 Å². The van der Waals surface area contributed by atoms with Crippen molar-refractivity contribution in [1.82, 2.24) is 14.9 Å². The fourth-order valence-corrected chi connectivity index (χ4v) is 5.81. The summed E-state index contributed by atoms with van der Waals surface area (Å²) in [7, 11) is 0. The quantitative estimate of drug-likeness (QED) is 0.645. The zero-order valence-electron chi connectivity index (χ0n) is 15.9. The second-order valence-electron chi connectivity index (χ2n) is 7.25. The lowest BCUT2D eigenvalue weighted by atomic mass is 10.1. The van der Waals surface area contributed by atoms with E-state index in [1.165, 1.54) is 11.1 Å². The van der Waals surface area contributed by atoms with Crippen LogP contribution in [0.1, 0.15) is 28.9 Å². The van der Waals surface area contributed by atoms with Gasteiger partial charge in [0.15, 0.2) is 5.82 Å². The van der Waals surface area contributed by atoms with Crippen LogP contribution in [0.2, 0.25) is 0 Å². The summed E-state index contributed by atoms with van der Waals surface area (Å²) >= 11 is 7.19. The molecule has 0 bridgehead atoms. The zero-order valence-corrected chi connectivity index (χ0v) is 17.6. The van der Waals surface area contributed by atoms with Gasteiger partial charge >= 0.3 is 0 Å². The number of nitrogens with zero attached hydrogens (tertiary/aromatic N) is 3. The minimum absolute atomic E-state index is 0.0290. The van der Waals surface area contributed by atoms with Gasteiger partial charge in [-0.15, -0.1) is 11.8 Å². The molecule has 0 radical (unpaired) electrons. The molecule has 148 valence electrons. The predicted molar refractivity (Wildman–Crippen MR) is 115 cm³/mol. The molecule has 1 saturated heterocycles. The van der Waals surface area contributed by atoms with Gasteiger partial charge in [-0.2, -0.15) is 5.10 Å². The molecular weight excluding hydrogens is 404 g/mol. The summed E-state index contributed by atoms with van der Waals surface area (Å²) in [6.45, 7) is 2.21. The number of H-pyrrole nitrogens is 1. The molecule has 5 rings (SSSR count). The molecule has 6 nitrogen and oxygen atoms in total. The largest absolute Gasteiger partial charge is 0.485 e. The molecule has 1 amide bonds. The van der Waals surface area contributed by atoms with Crippen LogP contribution in [-0.4, -0.2) is 26.5 Å². The van der Waals surface area contributed by atoms with E-state index < -0.39 is 4.87 Å². The number of aromatic nitrogens is 3. The lowest BCUT2D eigenvalue weighted by Crippen LogP contribution is -2.49. The van der Waals surface area contributed by atoms with E-state index in [1.807, 2.05) is 37.3 Å². The molecule has 1 unspecified atom stereocenters. The third kappa shape index (κ3) is 2.89. The minimum atomic E-state index is -0.451. The van der Waals surface area contributed by atoms with Crippen molar-refractivity contribution < 1.29 is 9.53 Å². The fraction of sp³-hybridized carbons (Fsp3) is 0.286. The molecule has 1 aliphatic carbocycles. The molecular formula is C21H20N4O2S2. The zero-order chi connectivity index (χ0) is 20.0. The summed E-state index contributed by atoms with van der Waals surface area (Å²) in [6.07, 6.45) is 1.79. The van der Waals surface area contributed by atoms with Crippen LogP contribution in [0.4, 0.5) is 0 Å². The Balaban J connectivity index is 1.54. The normalized spacial score (nSPS) is 20.4. The Morgan fingerprint density at radius 3 is 2.90 bits per heavy atom. The standard InChI is InChI=1S/C21H20N4O2S2/c1-14-6-2-5-9-17(14)27-12-18-22-23-20(28)24(18)25-19(26)13-29-21(25)11-10-15-7-3-4-8-16(15)21/h2-9H,10-13H2,1H3,(H,23,28). The summed E-state index contributed by atoms with van der Waals surface area (Å²) in [6, 6.07) is 16.2. The van der Waals surface area contributed by atoms with Crippen LogP contribution < -0.4 is 9.75 Å². The smallest absolute Gasteiger partial charge is 0.253 e. The Labute approximate surface area is 177 Å². The number of nitrogens with one attached hydrogen (secondary N) is 1. The van der Waals surface area contributed by atoms with Crippen molar-refractivity contribution in [2.45, 2.75) is 31.2 Å². The van der Waals surface area contributed by atoms with Crippen LogP contribution in [0.3, 0.4) is 0 Å². The Morgan fingerprint density at radius 2 is 2.03 bits per heavy atom. The van der Waals surface area contributed by atoms with E-state index >= 15 is 0 Å². The van der Waals surface area contributed by atoms with Gasteiger partial charge in [0.1, 0.15) is 17.2 Å². The number of ether oxygens (including phenoxy) is 1. The van der Waals surface area contributed by atoms with Crippen molar-refractivity contribution in [3.05, 3.63) is 75.8 Å². The van der Waals surface area contributed by atoms with E-state index in [4.69, 9.17) is 17.0 Å². The number of aryl methyl sites for hydroxylation is 2.